The minimum absolute atomic E-state index is 0.182. The fourth-order valence-corrected chi connectivity index (χ4v) is 3.37. The lowest BCUT2D eigenvalue weighted by Gasteiger charge is -2.23. The predicted molar refractivity (Wildman–Crippen MR) is 118 cm³/mol. The lowest BCUT2D eigenvalue weighted by molar-refractivity contribution is 0.0989. The molecule has 2 heterocycles. The first-order chi connectivity index (χ1) is 14.8. The van der Waals surface area contributed by atoms with Crippen molar-refractivity contribution in [2.45, 2.75) is 20.0 Å². The number of likely N-dealkylation sites (N-methyl/N-ethyl adjacent to an activating group) is 2. The van der Waals surface area contributed by atoms with E-state index in [4.69, 9.17) is 9.84 Å². The highest BCUT2D eigenvalue weighted by Crippen LogP contribution is 2.28. The van der Waals surface area contributed by atoms with Gasteiger partial charge in [-0.15, -0.1) is 0 Å². The Morgan fingerprint density at radius 1 is 1.39 bits per heavy atom. The van der Waals surface area contributed by atoms with Crippen molar-refractivity contribution in [1.29, 1.82) is 0 Å². The van der Waals surface area contributed by atoms with E-state index in [-0.39, 0.29) is 18.6 Å². The van der Waals surface area contributed by atoms with Crippen molar-refractivity contribution in [2.24, 2.45) is 0 Å². The zero-order valence-corrected chi connectivity index (χ0v) is 18.2. The molecule has 1 atom stereocenters. The van der Waals surface area contributed by atoms with Gasteiger partial charge in [0.15, 0.2) is 0 Å². The summed E-state index contributed by atoms with van der Waals surface area (Å²) in [6, 6.07) is 7.23. The van der Waals surface area contributed by atoms with E-state index in [2.05, 4.69) is 15.3 Å². The zero-order chi connectivity index (χ0) is 22.5. The molecule has 0 aliphatic carbocycles. The van der Waals surface area contributed by atoms with Crippen LogP contribution in [0.25, 0.3) is 0 Å². The van der Waals surface area contributed by atoms with Gasteiger partial charge in [0.25, 0.3) is 5.91 Å². The summed E-state index contributed by atoms with van der Waals surface area (Å²) in [5.74, 6) is 1.47. The monoisotopic (exact) mass is 428 g/mol. The third-order valence-electron chi connectivity index (χ3n) is 4.92. The van der Waals surface area contributed by atoms with Gasteiger partial charge < -0.3 is 29.9 Å². The maximum atomic E-state index is 13.3. The summed E-state index contributed by atoms with van der Waals surface area (Å²) in [6.45, 7) is 5.76. The van der Waals surface area contributed by atoms with Crippen molar-refractivity contribution in [3.8, 4) is 5.75 Å². The quantitative estimate of drug-likeness (QED) is 0.692. The molecular weight excluding hydrogens is 400 g/mol. The van der Waals surface area contributed by atoms with Gasteiger partial charge in [-0.25, -0.2) is 9.78 Å². The van der Waals surface area contributed by atoms with Crippen LogP contribution in [0, 0.1) is 0 Å². The minimum Gasteiger partial charge on any atom is -0.489 e. The number of carbonyl (C=O) groups is 2. The number of hydrogen-bond donors (Lipinski definition) is 2. The molecule has 3 rings (SSSR count). The maximum Gasteiger partial charge on any atom is 0.407 e. The van der Waals surface area contributed by atoms with Gasteiger partial charge in [0.05, 0.1) is 6.54 Å². The van der Waals surface area contributed by atoms with Crippen LogP contribution in [0.5, 0.6) is 5.75 Å². The summed E-state index contributed by atoms with van der Waals surface area (Å²) < 4.78 is 5.88. The Morgan fingerprint density at radius 3 is 2.87 bits per heavy atom. The number of ether oxygens (including phenoxy) is 1. The van der Waals surface area contributed by atoms with Crippen LogP contribution in [-0.2, 0) is 0 Å². The number of anilines is 3. The lowest BCUT2D eigenvalue weighted by Crippen LogP contribution is -2.35. The second kappa shape index (κ2) is 9.50. The fraction of sp³-hybridized carbons (Fsp3) is 0.429. The van der Waals surface area contributed by atoms with E-state index in [1.165, 1.54) is 11.9 Å². The third kappa shape index (κ3) is 5.14. The first-order valence-corrected chi connectivity index (χ1v) is 10.1. The minimum atomic E-state index is -1.01. The number of rotatable bonds is 7. The Kier molecular flexibility index (Phi) is 6.78. The number of aromatic nitrogens is 2. The largest absolute Gasteiger partial charge is 0.489 e. The molecule has 0 saturated carbocycles. The Morgan fingerprint density at radius 2 is 2.16 bits per heavy atom. The van der Waals surface area contributed by atoms with Crippen LogP contribution >= 0.6 is 0 Å². The Bertz CT molecular complexity index is 953. The maximum absolute atomic E-state index is 13.3. The van der Waals surface area contributed by atoms with E-state index in [9.17, 15) is 9.59 Å². The standard InChI is InChI=1S/C21H28N6O4/c1-5-22-20-23-12-17-18(24-20)25(3)9-10-27(19(17)28)15-7-6-8-16(11-15)31-14(2)13-26(4)21(29)30/h6-8,11-12,14H,5,9-10,13H2,1-4H3,(H,29,30)(H,22,23,24). The molecule has 2 N–H and O–H groups in total. The zero-order valence-electron chi connectivity index (χ0n) is 18.2. The molecule has 10 heteroatoms. The molecule has 10 nitrogen and oxygen atoms in total. The van der Waals surface area contributed by atoms with Crippen LogP contribution in [-0.4, -0.2) is 78.4 Å². The smallest absolute Gasteiger partial charge is 0.407 e. The van der Waals surface area contributed by atoms with Crippen molar-refractivity contribution in [3.63, 3.8) is 0 Å². The molecule has 2 aromatic rings. The summed E-state index contributed by atoms with van der Waals surface area (Å²) in [6.07, 6.45) is 0.198. The number of benzene rings is 1. The van der Waals surface area contributed by atoms with E-state index < -0.39 is 6.09 Å². The predicted octanol–water partition coefficient (Wildman–Crippen LogP) is 2.38. The van der Waals surface area contributed by atoms with Crippen LogP contribution in [0.15, 0.2) is 30.5 Å². The number of nitrogens with zero attached hydrogens (tertiary/aromatic N) is 5. The summed E-state index contributed by atoms with van der Waals surface area (Å²) in [5, 5.41) is 12.1. The Hall–Kier alpha value is -3.56. The first-order valence-electron chi connectivity index (χ1n) is 10.1. The van der Waals surface area contributed by atoms with E-state index in [1.807, 2.05) is 31.0 Å². The molecule has 166 valence electrons. The van der Waals surface area contributed by atoms with E-state index in [0.717, 1.165) is 0 Å². The van der Waals surface area contributed by atoms with E-state index in [1.54, 1.807) is 30.2 Å². The number of amides is 2. The molecule has 1 aromatic heterocycles. The molecule has 1 aromatic carbocycles. The first kappa shape index (κ1) is 22.1. The highest BCUT2D eigenvalue weighted by Gasteiger charge is 2.28. The molecule has 31 heavy (non-hydrogen) atoms. The van der Waals surface area contributed by atoms with Crippen molar-refractivity contribution in [3.05, 3.63) is 36.0 Å². The van der Waals surface area contributed by atoms with Gasteiger partial charge in [-0.2, -0.15) is 4.98 Å². The molecule has 0 bridgehead atoms. The van der Waals surface area contributed by atoms with Gasteiger partial charge in [0.1, 0.15) is 23.2 Å². The summed E-state index contributed by atoms with van der Waals surface area (Å²) in [7, 11) is 3.39. The molecule has 0 fully saturated rings. The summed E-state index contributed by atoms with van der Waals surface area (Å²) in [4.78, 5) is 37.9. The molecule has 0 saturated heterocycles. The van der Waals surface area contributed by atoms with E-state index >= 15 is 0 Å². The van der Waals surface area contributed by atoms with Crippen LogP contribution in [0.4, 0.5) is 22.2 Å². The van der Waals surface area contributed by atoms with Crippen molar-refractivity contribution in [2.75, 3.05) is 55.4 Å². The van der Waals surface area contributed by atoms with Gasteiger partial charge in [-0.05, 0) is 26.0 Å². The average Bonchev–Trinajstić information content (AvgIpc) is 2.85. The molecule has 1 aliphatic rings. The normalized spacial score (nSPS) is 14.5. The Balaban J connectivity index is 1.82. The fourth-order valence-electron chi connectivity index (χ4n) is 3.37. The van der Waals surface area contributed by atoms with Crippen LogP contribution in [0.1, 0.15) is 24.2 Å². The van der Waals surface area contributed by atoms with Gasteiger partial charge >= 0.3 is 6.09 Å². The average molecular weight is 428 g/mol. The van der Waals surface area contributed by atoms with E-state index in [0.29, 0.717) is 48.4 Å². The van der Waals surface area contributed by atoms with Gasteiger partial charge in [0.2, 0.25) is 5.95 Å². The number of carboxylic acid groups (broad SMARTS) is 1. The van der Waals surface area contributed by atoms with Gasteiger partial charge in [-0.1, -0.05) is 6.07 Å². The molecule has 1 unspecified atom stereocenters. The number of nitrogens with one attached hydrogen (secondary N) is 1. The number of carbonyl (C=O) groups excluding carboxylic acids is 1. The molecule has 1 aliphatic heterocycles. The SMILES string of the molecule is CCNc1ncc2c(n1)N(C)CCN(c1cccc(OC(C)CN(C)C(=O)O)c1)C2=O. The third-order valence-corrected chi connectivity index (χ3v) is 4.92. The molecular formula is C21H28N6O4. The second-order valence-corrected chi connectivity index (χ2v) is 7.43. The van der Waals surface area contributed by atoms with Crippen molar-refractivity contribution < 1.29 is 19.4 Å². The molecule has 2 amide bonds. The highest BCUT2D eigenvalue weighted by molar-refractivity contribution is 6.09. The van der Waals surface area contributed by atoms with Crippen molar-refractivity contribution in [1.82, 2.24) is 14.9 Å². The van der Waals surface area contributed by atoms with Crippen LogP contribution in [0.3, 0.4) is 0 Å². The van der Waals surface area contributed by atoms with Gasteiger partial charge in [0, 0.05) is 51.7 Å². The van der Waals surface area contributed by atoms with Gasteiger partial charge in [-0.3, -0.25) is 4.79 Å². The highest BCUT2D eigenvalue weighted by atomic mass is 16.5. The topological polar surface area (TPSA) is 111 Å². The molecule has 0 spiro atoms. The number of hydrogen-bond acceptors (Lipinski definition) is 7. The second-order valence-electron chi connectivity index (χ2n) is 7.43. The molecule has 0 radical (unpaired) electrons. The summed E-state index contributed by atoms with van der Waals surface area (Å²) in [5.41, 5.74) is 1.13. The van der Waals surface area contributed by atoms with Crippen molar-refractivity contribution >= 4 is 29.5 Å². The lowest BCUT2D eigenvalue weighted by atomic mass is 10.2. The van der Waals surface area contributed by atoms with Crippen LogP contribution in [0.2, 0.25) is 0 Å². The van der Waals surface area contributed by atoms with Crippen LogP contribution < -0.4 is 19.9 Å². The number of fused-ring (bicyclic) bond motifs is 1. The summed E-state index contributed by atoms with van der Waals surface area (Å²) >= 11 is 0. The Labute approximate surface area is 181 Å².